The number of nitrogens with zero attached hydrogens (tertiary/aromatic N) is 2. The summed E-state index contributed by atoms with van der Waals surface area (Å²) < 4.78 is 14.6. The predicted molar refractivity (Wildman–Crippen MR) is 127 cm³/mol. The molecule has 0 radical (unpaired) electrons. The number of benzene rings is 1. The summed E-state index contributed by atoms with van der Waals surface area (Å²) >= 11 is 3.29. The molecule has 1 aliphatic heterocycles. The Morgan fingerprint density at radius 3 is 2.67 bits per heavy atom. The summed E-state index contributed by atoms with van der Waals surface area (Å²) in [6.07, 6.45) is 3.79. The van der Waals surface area contributed by atoms with Crippen LogP contribution in [0.25, 0.3) is 0 Å². The minimum absolute atomic E-state index is 0. The van der Waals surface area contributed by atoms with Crippen LogP contribution >= 0.6 is 39.9 Å². The maximum atomic E-state index is 13.8. The van der Waals surface area contributed by atoms with Gasteiger partial charge in [0.2, 0.25) is 0 Å². The summed E-state index contributed by atoms with van der Waals surface area (Å²) in [5.41, 5.74) is 1.97. The largest absolute Gasteiger partial charge is 0.356 e. The molecule has 7 heteroatoms. The Kier molecular flexibility index (Phi) is 11.5. The van der Waals surface area contributed by atoms with Crippen LogP contribution in [0.15, 0.2) is 39.8 Å². The van der Waals surface area contributed by atoms with Gasteiger partial charge in [-0.25, -0.2) is 4.39 Å². The van der Waals surface area contributed by atoms with Crippen LogP contribution in [-0.4, -0.2) is 50.1 Å². The van der Waals surface area contributed by atoms with Gasteiger partial charge in [-0.2, -0.15) is 0 Å². The van der Waals surface area contributed by atoms with E-state index in [9.17, 15) is 4.39 Å². The number of aliphatic imine (C=N–C) groups is 1. The molecule has 1 saturated heterocycles. The highest BCUT2D eigenvalue weighted by atomic mass is 127. The fourth-order valence-corrected chi connectivity index (χ4v) is 3.55. The highest BCUT2D eigenvalue weighted by molar-refractivity contribution is 14.0. The van der Waals surface area contributed by atoms with Gasteiger partial charge in [0.15, 0.2) is 5.96 Å². The number of hydrogen-bond acceptors (Lipinski definition) is 2. The summed E-state index contributed by atoms with van der Waals surface area (Å²) in [5, 5.41) is 6.85. The molecule has 1 aromatic carbocycles. The zero-order valence-electron chi connectivity index (χ0n) is 16.2. The highest BCUT2D eigenvalue weighted by Gasteiger charge is 2.19. The average Bonchev–Trinajstić information content (AvgIpc) is 2.60. The molecule has 1 aromatic rings. The molecule has 0 aromatic heterocycles. The summed E-state index contributed by atoms with van der Waals surface area (Å²) in [6, 6.07) is 5.69. The van der Waals surface area contributed by atoms with Crippen LogP contribution in [-0.2, 0) is 6.42 Å². The summed E-state index contributed by atoms with van der Waals surface area (Å²) in [4.78, 5) is 6.76. The van der Waals surface area contributed by atoms with Crippen molar-refractivity contribution in [3.05, 3.63) is 46.2 Å². The van der Waals surface area contributed by atoms with Gasteiger partial charge in [-0.15, -0.1) is 24.0 Å². The van der Waals surface area contributed by atoms with Gasteiger partial charge in [0.25, 0.3) is 0 Å². The quantitative estimate of drug-likeness (QED) is 0.174. The smallest absolute Gasteiger partial charge is 0.191 e. The van der Waals surface area contributed by atoms with Gasteiger partial charge in [-0.1, -0.05) is 34.1 Å². The number of halogens is 3. The highest BCUT2D eigenvalue weighted by Crippen LogP contribution is 2.16. The molecule has 0 amide bonds. The lowest BCUT2D eigenvalue weighted by atomic mass is 10.0. The fourth-order valence-electron chi connectivity index (χ4n) is 3.22. The lowest BCUT2D eigenvalue weighted by Crippen LogP contribution is -2.49. The number of guanidine groups is 1. The van der Waals surface area contributed by atoms with Crippen molar-refractivity contribution in [1.29, 1.82) is 0 Å². The average molecular weight is 553 g/mol. The maximum absolute atomic E-state index is 13.8. The Labute approximate surface area is 188 Å². The molecule has 2 rings (SSSR count). The SMILES string of the molecule is C=C(C)CN1CCC(NC(=NC)NCCCc2ccc(Br)cc2F)CC1.I. The van der Waals surface area contributed by atoms with E-state index in [2.05, 4.69) is 50.0 Å². The first-order valence-electron chi connectivity index (χ1n) is 9.25. The topological polar surface area (TPSA) is 39.7 Å². The van der Waals surface area contributed by atoms with Gasteiger partial charge < -0.3 is 10.6 Å². The molecule has 27 heavy (non-hydrogen) atoms. The lowest BCUT2D eigenvalue weighted by molar-refractivity contribution is 0.221. The van der Waals surface area contributed by atoms with Gasteiger partial charge in [0.1, 0.15) is 5.82 Å². The molecule has 1 heterocycles. The molecule has 2 N–H and O–H groups in total. The number of rotatable bonds is 7. The van der Waals surface area contributed by atoms with Crippen LogP contribution in [0.1, 0.15) is 31.7 Å². The molecule has 0 bridgehead atoms. The van der Waals surface area contributed by atoms with E-state index < -0.39 is 0 Å². The van der Waals surface area contributed by atoms with E-state index in [0.717, 1.165) is 61.4 Å². The van der Waals surface area contributed by atoms with Crippen molar-refractivity contribution >= 4 is 45.9 Å². The van der Waals surface area contributed by atoms with Crippen molar-refractivity contribution in [3.8, 4) is 0 Å². The van der Waals surface area contributed by atoms with Gasteiger partial charge in [0, 0.05) is 43.7 Å². The molecule has 1 aliphatic rings. The Balaban J connectivity index is 0.00000364. The first-order valence-corrected chi connectivity index (χ1v) is 10.0. The number of nitrogens with one attached hydrogen (secondary N) is 2. The lowest BCUT2D eigenvalue weighted by Gasteiger charge is -2.33. The van der Waals surface area contributed by atoms with Crippen molar-refractivity contribution in [2.24, 2.45) is 4.99 Å². The van der Waals surface area contributed by atoms with E-state index >= 15 is 0 Å². The molecule has 152 valence electrons. The second-order valence-corrected chi connectivity index (χ2v) is 7.91. The van der Waals surface area contributed by atoms with E-state index in [1.165, 1.54) is 11.6 Å². The first kappa shape index (κ1) is 24.4. The first-order chi connectivity index (χ1) is 12.5. The zero-order chi connectivity index (χ0) is 18.9. The fraction of sp³-hybridized carbons (Fsp3) is 0.550. The van der Waals surface area contributed by atoms with Crippen molar-refractivity contribution in [2.75, 3.05) is 33.2 Å². The second-order valence-electron chi connectivity index (χ2n) is 6.99. The van der Waals surface area contributed by atoms with E-state index in [1.807, 2.05) is 12.1 Å². The van der Waals surface area contributed by atoms with Crippen molar-refractivity contribution in [2.45, 2.75) is 38.6 Å². The summed E-state index contributed by atoms with van der Waals surface area (Å²) in [7, 11) is 1.79. The van der Waals surface area contributed by atoms with Crippen molar-refractivity contribution in [1.82, 2.24) is 15.5 Å². The van der Waals surface area contributed by atoms with Gasteiger partial charge >= 0.3 is 0 Å². The molecular formula is C20H31BrFIN4. The zero-order valence-corrected chi connectivity index (χ0v) is 20.1. The summed E-state index contributed by atoms with van der Waals surface area (Å²) in [6.45, 7) is 10.0. The number of likely N-dealkylation sites (tertiary alicyclic amines) is 1. The molecule has 0 atom stereocenters. The van der Waals surface area contributed by atoms with Crippen molar-refractivity contribution in [3.63, 3.8) is 0 Å². The van der Waals surface area contributed by atoms with Gasteiger partial charge in [-0.05, 0) is 50.3 Å². The number of hydrogen-bond donors (Lipinski definition) is 2. The Morgan fingerprint density at radius 2 is 2.07 bits per heavy atom. The number of aryl methyl sites for hydroxylation is 1. The standard InChI is InChI=1S/C20H30BrFN4.HI/c1-15(2)14-26-11-8-18(9-12-26)25-20(23-3)24-10-4-5-16-6-7-17(21)13-19(16)22;/h6-7,13,18H,1,4-5,8-12,14H2,2-3H3,(H2,23,24,25);1H. The summed E-state index contributed by atoms with van der Waals surface area (Å²) in [5.74, 6) is 0.683. The Morgan fingerprint density at radius 1 is 1.37 bits per heavy atom. The van der Waals surface area contributed by atoms with Crippen LogP contribution in [0.4, 0.5) is 4.39 Å². The van der Waals surface area contributed by atoms with Crippen LogP contribution in [0, 0.1) is 5.82 Å². The van der Waals surface area contributed by atoms with Gasteiger partial charge in [0.05, 0.1) is 0 Å². The molecular weight excluding hydrogens is 522 g/mol. The molecule has 0 saturated carbocycles. The molecule has 1 fully saturated rings. The maximum Gasteiger partial charge on any atom is 0.191 e. The molecule has 0 unspecified atom stereocenters. The third-order valence-electron chi connectivity index (χ3n) is 4.58. The van der Waals surface area contributed by atoms with Crippen molar-refractivity contribution < 1.29 is 4.39 Å². The molecule has 4 nitrogen and oxygen atoms in total. The van der Waals surface area contributed by atoms with Gasteiger partial charge in [-0.3, -0.25) is 9.89 Å². The van der Waals surface area contributed by atoms with E-state index in [4.69, 9.17) is 0 Å². The molecule has 0 aliphatic carbocycles. The minimum atomic E-state index is -0.150. The predicted octanol–water partition coefficient (Wildman–Crippen LogP) is 4.34. The third kappa shape index (κ3) is 8.91. The number of piperidine rings is 1. The van der Waals surface area contributed by atoms with E-state index in [0.29, 0.717) is 12.5 Å². The van der Waals surface area contributed by atoms with Crippen LogP contribution < -0.4 is 10.6 Å². The third-order valence-corrected chi connectivity index (χ3v) is 5.07. The van der Waals surface area contributed by atoms with Crippen LogP contribution in [0.5, 0.6) is 0 Å². The van der Waals surface area contributed by atoms with Crippen LogP contribution in [0.3, 0.4) is 0 Å². The van der Waals surface area contributed by atoms with E-state index in [-0.39, 0.29) is 29.8 Å². The Bertz CT molecular complexity index is 630. The minimum Gasteiger partial charge on any atom is -0.356 e. The second kappa shape index (κ2) is 12.7. The Hall–Kier alpha value is -0.670. The molecule has 0 spiro atoms. The monoisotopic (exact) mass is 552 g/mol. The van der Waals surface area contributed by atoms with E-state index in [1.54, 1.807) is 7.05 Å². The normalized spacial score (nSPS) is 15.9. The van der Waals surface area contributed by atoms with Crippen LogP contribution in [0.2, 0.25) is 0 Å².